The molecule has 1 heterocycles. The van der Waals surface area contributed by atoms with Gasteiger partial charge in [0.25, 0.3) is 0 Å². The Labute approximate surface area is 109 Å². The molecule has 98 valence electrons. The summed E-state index contributed by atoms with van der Waals surface area (Å²) in [5.74, 6) is 1.21. The van der Waals surface area contributed by atoms with Gasteiger partial charge in [-0.15, -0.1) is 0 Å². The zero-order chi connectivity index (χ0) is 13.2. The molecule has 1 aromatic rings. The lowest BCUT2D eigenvalue weighted by Crippen LogP contribution is -2.29. The number of likely N-dealkylation sites (tertiary alicyclic amines) is 1. The minimum Gasteiger partial charge on any atom is -0.497 e. The van der Waals surface area contributed by atoms with Gasteiger partial charge in [0.2, 0.25) is 0 Å². The maximum atomic E-state index is 10.3. The normalized spacial score (nSPS) is 15.3. The van der Waals surface area contributed by atoms with E-state index >= 15 is 0 Å². The van der Waals surface area contributed by atoms with Gasteiger partial charge in [-0.25, -0.2) is 0 Å². The van der Waals surface area contributed by atoms with Gasteiger partial charge >= 0.3 is 0 Å². The smallest absolute Gasteiger partial charge is 0.123 e. The fourth-order valence-corrected chi connectivity index (χ4v) is 1.79. The molecule has 2 rings (SSSR count). The van der Waals surface area contributed by atoms with Crippen LogP contribution in [-0.4, -0.2) is 31.4 Å². The number of piperidine rings is 1. The SMILES string of the molecule is C=CN1CCC(C=O)CC1.COc1ccccc1. The second-order valence-electron chi connectivity index (χ2n) is 4.21. The Bertz CT molecular complexity index is 327. The summed E-state index contributed by atoms with van der Waals surface area (Å²) in [6.07, 6.45) is 4.91. The second-order valence-corrected chi connectivity index (χ2v) is 4.21. The molecule has 0 radical (unpaired) electrons. The molecule has 0 N–H and O–H groups in total. The number of ether oxygens (including phenoxy) is 1. The van der Waals surface area contributed by atoms with Gasteiger partial charge in [0.15, 0.2) is 0 Å². The van der Waals surface area contributed by atoms with Crippen molar-refractivity contribution in [2.24, 2.45) is 5.92 Å². The molecule has 0 atom stereocenters. The first-order chi connectivity index (χ1) is 8.80. The molecule has 0 bridgehead atoms. The Balaban J connectivity index is 0.000000184. The molecule has 3 heteroatoms. The van der Waals surface area contributed by atoms with E-state index in [1.807, 2.05) is 36.5 Å². The number of para-hydroxylation sites is 1. The molecule has 0 saturated carbocycles. The number of aldehydes is 1. The minimum absolute atomic E-state index is 0.302. The van der Waals surface area contributed by atoms with Crippen molar-refractivity contribution in [3.8, 4) is 5.75 Å². The van der Waals surface area contributed by atoms with Crippen molar-refractivity contribution in [2.75, 3.05) is 20.2 Å². The van der Waals surface area contributed by atoms with Crippen LogP contribution in [-0.2, 0) is 4.79 Å². The number of nitrogens with zero attached hydrogens (tertiary/aromatic N) is 1. The molecule has 0 spiro atoms. The van der Waals surface area contributed by atoms with Crippen molar-refractivity contribution in [3.05, 3.63) is 43.1 Å². The van der Waals surface area contributed by atoms with Crippen molar-refractivity contribution in [2.45, 2.75) is 12.8 Å². The third kappa shape index (κ3) is 5.04. The predicted octanol–water partition coefficient (Wildman–Crippen LogP) is 2.74. The minimum atomic E-state index is 0.302. The number of methoxy groups -OCH3 is 1. The number of benzene rings is 1. The van der Waals surface area contributed by atoms with Crippen LogP contribution in [0.1, 0.15) is 12.8 Å². The van der Waals surface area contributed by atoms with Crippen LogP contribution in [0, 0.1) is 5.92 Å². The molecule has 1 aliphatic rings. The molecule has 1 aliphatic heterocycles. The van der Waals surface area contributed by atoms with E-state index in [0.717, 1.165) is 38.0 Å². The summed E-state index contributed by atoms with van der Waals surface area (Å²) in [6.45, 7) is 5.66. The van der Waals surface area contributed by atoms with Crippen LogP contribution in [0.2, 0.25) is 0 Å². The second kappa shape index (κ2) is 8.34. The largest absolute Gasteiger partial charge is 0.497 e. The lowest BCUT2D eigenvalue weighted by Gasteiger charge is -2.27. The predicted molar refractivity (Wildman–Crippen MR) is 73.6 cm³/mol. The van der Waals surface area contributed by atoms with Crippen LogP contribution in [0.25, 0.3) is 0 Å². The molecule has 1 aromatic carbocycles. The lowest BCUT2D eigenvalue weighted by atomic mass is 9.99. The molecular weight excluding hydrogens is 226 g/mol. The van der Waals surface area contributed by atoms with Crippen LogP contribution in [0.15, 0.2) is 43.1 Å². The summed E-state index contributed by atoms with van der Waals surface area (Å²) >= 11 is 0. The van der Waals surface area contributed by atoms with Crippen molar-refractivity contribution in [1.82, 2.24) is 4.90 Å². The summed E-state index contributed by atoms with van der Waals surface area (Å²) in [6, 6.07) is 9.68. The van der Waals surface area contributed by atoms with Crippen LogP contribution in [0.3, 0.4) is 0 Å². The number of hydrogen-bond acceptors (Lipinski definition) is 3. The van der Waals surface area contributed by atoms with Crippen molar-refractivity contribution in [1.29, 1.82) is 0 Å². The maximum Gasteiger partial charge on any atom is 0.123 e. The Morgan fingerprint density at radius 1 is 1.28 bits per heavy atom. The average Bonchev–Trinajstić information content (AvgIpc) is 2.49. The highest BCUT2D eigenvalue weighted by molar-refractivity contribution is 5.53. The van der Waals surface area contributed by atoms with Crippen molar-refractivity contribution >= 4 is 6.29 Å². The third-order valence-electron chi connectivity index (χ3n) is 3.00. The van der Waals surface area contributed by atoms with Crippen molar-refractivity contribution in [3.63, 3.8) is 0 Å². The van der Waals surface area contributed by atoms with Gasteiger partial charge in [-0.1, -0.05) is 24.8 Å². The molecular formula is C15H21NO2. The number of rotatable bonds is 3. The monoisotopic (exact) mass is 247 g/mol. The Morgan fingerprint density at radius 3 is 2.28 bits per heavy atom. The molecule has 0 aromatic heterocycles. The molecule has 0 aliphatic carbocycles. The van der Waals surface area contributed by atoms with E-state index in [2.05, 4.69) is 11.5 Å². The number of hydrogen-bond donors (Lipinski definition) is 0. The maximum absolute atomic E-state index is 10.3. The summed E-state index contributed by atoms with van der Waals surface area (Å²) in [4.78, 5) is 12.5. The molecule has 0 amide bonds. The average molecular weight is 247 g/mol. The highest BCUT2D eigenvalue weighted by Crippen LogP contribution is 2.14. The first-order valence-corrected chi connectivity index (χ1v) is 6.21. The van der Waals surface area contributed by atoms with Gasteiger partial charge in [0.1, 0.15) is 12.0 Å². The quantitative estimate of drug-likeness (QED) is 0.769. The van der Waals surface area contributed by atoms with E-state index in [-0.39, 0.29) is 0 Å². The van der Waals surface area contributed by atoms with E-state index in [1.165, 1.54) is 0 Å². The molecule has 1 saturated heterocycles. The van der Waals surface area contributed by atoms with Crippen LogP contribution < -0.4 is 4.74 Å². The molecule has 1 fully saturated rings. The number of carbonyl (C=O) groups excluding carboxylic acids is 1. The summed E-state index contributed by atoms with van der Waals surface area (Å²) in [5, 5.41) is 0. The van der Waals surface area contributed by atoms with Crippen LogP contribution in [0.4, 0.5) is 0 Å². The summed E-state index contributed by atoms with van der Waals surface area (Å²) in [7, 11) is 1.66. The first kappa shape index (κ1) is 14.3. The fourth-order valence-electron chi connectivity index (χ4n) is 1.79. The van der Waals surface area contributed by atoms with Gasteiger partial charge < -0.3 is 14.4 Å². The van der Waals surface area contributed by atoms with E-state index in [9.17, 15) is 4.79 Å². The molecule has 3 nitrogen and oxygen atoms in total. The lowest BCUT2D eigenvalue weighted by molar-refractivity contribution is -0.112. The Morgan fingerprint density at radius 2 is 1.89 bits per heavy atom. The molecule has 18 heavy (non-hydrogen) atoms. The van der Waals surface area contributed by atoms with E-state index in [1.54, 1.807) is 7.11 Å². The third-order valence-corrected chi connectivity index (χ3v) is 3.00. The van der Waals surface area contributed by atoms with Gasteiger partial charge in [0, 0.05) is 19.0 Å². The molecule has 0 unspecified atom stereocenters. The van der Waals surface area contributed by atoms with Crippen LogP contribution >= 0.6 is 0 Å². The highest BCUT2D eigenvalue weighted by Gasteiger charge is 2.15. The van der Waals surface area contributed by atoms with Gasteiger partial charge in [-0.2, -0.15) is 0 Å². The zero-order valence-electron chi connectivity index (χ0n) is 10.9. The van der Waals surface area contributed by atoms with E-state index < -0.39 is 0 Å². The van der Waals surface area contributed by atoms with Gasteiger partial charge in [0.05, 0.1) is 7.11 Å². The summed E-state index contributed by atoms with van der Waals surface area (Å²) < 4.78 is 4.91. The van der Waals surface area contributed by atoms with E-state index in [4.69, 9.17) is 4.74 Å². The first-order valence-electron chi connectivity index (χ1n) is 6.21. The highest BCUT2D eigenvalue weighted by atomic mass is 16.5. The van der Waals surface area contributed by atoms with Crippen molar-refractivity contribution < 1.29 is 9.53 Å². The fraction of sp³-hybridized carbons (Fsp3) is 0.400. The topological polar surface area (TPSA) is 29.5 Å². The number of carbonyl (C=O) groups is 1. The Hall–Kier alpha value is -1.77. The summed E-state index contributed by atoms with van der Waals surface area (Å²) in [5.41, 5.74) is 0. The zero-order valence-corrected chi connectivity index (χ0v) is 10.9. The standard InChI is InChI=1S/C8H13NO.C7H8O/c1-2-9-5-3-8(7-10)4-6-9;1-8-7-5-3-2-4-6-7/h2,7-8H,1,3-6H2;2-6H,1H3. The Kier molecular flexibility index (Phi) is 6.62. The van der Waals surface area contributed by atoms with Crippen LogP contribution in [0.5, 0.6) is 5.75 Å². The van der Waals surface area contributed by atoms with E-state index in [0.29, 0.717) is 5.92 Å². The van der Waals surface area contributed by atoms with Gasteiger partial charge in [-0.05, 0) is 31.2 Å². The van der Waals surface area contributed by atoms with Gasteiger partial charge in [-0.3, -0.25) is 0 Å².